The van der Waals surface area contributed by atoms with E-state index in [9.17, 15) is 9.18 Å². The van der Waals surface area contributed by atoms with E-state index in [0.29, 0.717) is 17.0 Å². The maximum atomic E-state index is 13.4. The standard InChI is InChI=1S/C22H17FN2O2/c1-27-19-8-5-14(6-9-19)22(26)24-18-4-2-3-15(12-18)21-13-16-11-17(23)7-10-20(16)25-21/h2-13,25H,1H3,(H,24,26). The molecule has 4 rings (SSSR count). The molecule has 0 aliphatic heterocycles. The number of hydrogen-bond acceptors (Lipinski definition) is 2. The fourth-order valence-electron chi connectivity index (χ4n) is 2.97. The fourth-order valence-corrected chi connectivity index (χ4v) is 2.97. The molecule has 0 unspecified atom stereocenters. The zero-order chi connectivity index (χ0) is 18.8. The van der Waals surface area contributed by atoms with Crippen molar-refractivity contribution in [3.63, 3.8) is 0 Å². The van der Waals surface area contributed by atoms with Crippen molar-refractivity contribution >= 4 is 22.5 Å². The summed E-state index contributed by atoms with van der Waals surface area (Å²) in [6, 6.07) is 20.9. The van der Waals surface area contributed by atoms with Gasteiger partial charge in [-0.05, 0) is 60.7 Å². The highest BCUT2D eigenvalue weighted by Gasteiger charge is 2.09. The number of H-pyrrole nitrogens is 1. The van der Waals surface area contributed by atoms with E-state index in [-0.39, 0.29) is 11.7 Å². The minimum atomic E-state index is -0.270. The number of benzene rings is 3. The van der Waals surface area contributed by atoms with Gasteiger partial charge in [-0.1, -0.05) is 12.1 Å². The Balaban J connectivity index is 1.58. The molecule has 4 nitrogen and oxygen atoms in total. The number of rotatable bonds is 4. The normalized spacial score (nSPS) is 10.7. The summed E-state index contributed by atoms with van der Waals surface area (Å²) >= 11 is 0. The van der Waals surface area contributed by atoms with Crippen molar-refractivity contribution in [2.75, 3.05) is 12.4 Å². The summed E-state index contributed by atoms with van der Waals surface area (Å²) in [5, 5.41) is 3.70. The van der Waals surface area contributed by atoms with Gasteiger partial charge in [0.25, 0.3) is 5.91 Å². The number of ether oxygens (including phenoxy) is 1. The molecule has 5 heteroatoms. The average molecular weight is 360 g/mol. The minimum absolute atomic E-state index is 0.200. The first kappa shape index (κ1) is 16.8. The molecule has 0 saturated carbocycles. The van der Waals surface area contributed by atoms with E-state index < -0.39 is 0 Å². The van der Waals surface area contributed by atoms with Crippen LogP contribution in [0.4, 0.5) is 10.1 Å². The maximum absolute atomic E-state index is 13.4. The molecule has 0 aliphatic rings. The van der Waals surface area contributed by atoms with E-state index in [0.717, 1.165) is 22.2 Å². The van der Waals surface area contributed by atoms with Crippen LogP contribution in [0.15, 0.2) is 72.8 Å². The Kier molecular flexibility index (Phi) is 4.34. The SMILES string of the molecule is COc1ccc(C(=O)Nc2cccc(-c3cc4cc(F)ccc4[nH]3)c2)cc1. The predicted octanol–water partition coefficient (Wildman–Crippen LogP) is 5.23. The molecule has 4 aromatic rings. The highest BCUT2D eigenvalue weighted by atomic mass is 19.1. The van der Waals surface area contributed by atoms with Gasteiger partial charge in [0.15, 0.2) is 0 Å². The van der Waals surface area contributed by atoms with E-state index >= 15 is 0 Å². The number of aromatic amines is 1. The molecule has 0 saturated heterocycles. The van der Waals surface area contributed by atoms with Crippen molar-refractivity contribution in [3.05, 3.63) is 84.2 Å². The summed E-state index contributed by atoms with van der Waals surface area (Å²) in [6.07, 6.45) is 0. The second-order valence-electron chi connectivity index (χ2n) is 6.18. The quantitative estimate of drug-likeness (QED) is 0.523. The lowest BCUT2D eigenvalue weighted by Crippen LogP contribution is -2.11. The van der Waals surface area contributed by atoms with Gasteiger partial charge in [-0.3, -0.25) is 4.79 Å². The van der Waals surface area contributed by atoms with Gasteiger partial charge in [0, 0.05) is 33.4 Å². The molecule has 0 radical (unpaired) electrons. The first-order valence-electron chi connectivity index (χ1n) is 8.46. The average Bonchev–Trinajstić information content (AvgIpc) is 3.11. The molecule has 3 aromatic carbocycles. The van der Waals surface area contributed by atoms with Crippen LogP contribution in [0.1, 0.15) is 10.4 Å². The molecule has 0 aliphatic carbocycles. The van der Waals surface area contributed by atoms with E-state index in [1.54, 1.807) is 37.4 Å². The van der Waals surface area contributed by atoms with Crippen LogP contribution in [-0.4, -0.2) is 18.0 Å². The van der Waals surface area contributed by atoms with Gasteiger partial charge < -0.3 is 15.0 Å². The number of carbonyl (C=O) groups is 1. The van der Waals surface area contributed by atoms with Crippen LogP contribution >= 0.6 is 0 Å². The molecule has 27 heavy (non-hydrogen) atoms. The molecule has 1 aromatic heterocycles. The van der Waals surface area contributed by atoms with E-state index in [1.807, 2.05) is 30.3 Å². The van der Waals surface area contributed by atoms with E-state index in [4.69, 9.17) is 4.74 Å². The maximum Gasteiger partial charge on any atom is 0.255 e. The van der Waals surface area contributed by atoms with Gasteiger partial charge in [0.2, 0.25) is 0 Å². The third kappa shape index (κ3) is 3.53. The fraction of sp³-hybridized carbons (Fsp3) is 0.0455. The molecule has 1 heterocycles. The molecule has 1 amide bonds. The summed E-state index contributed by atoms with van der Waals surface area (Å²) in [6.45, 7) is 0. The van der Waals surface area contributed by atoms with Crippen LogP contribution < -0.4 is 10.1 Å². The number of methoxy groups -OCH3 is 1. The molecule has 0 fully saturated rings. The first-order valence-corrected chi connectivity index (χ1v) is 8.46. The number of aromatic nitrogens is 1. The molecular weight excluding hydrogens is 343 g/mol. The third-order valence-electron chi connectivity index (χ3n) is 4.37. The smallest absolute Gasteiger partial charge is 0.255 e. The summed E-state index contributed by atoms with van der Waals surface area (Å²) in [7, 11) is 1.58. The largest absolute Gasteiger partial charge is 0.497 e. The summed E-state index contributed by atoms with van der Waals surface area (Å²) in [4.78, 5) is 15.7. The topological polar surface area (TPSA) is 54.1 Å². The van der Waals surface area contributed by atoms with Gasteiger partial charge in [0.05, 0.1) is 7.11 Å². The summed E-state index contributed by atoms with van der Waals surface area (Å²) < 4.78 is 18.5. The highest BCUT2D eigenvalue weighted by Crippen LogP contribution is 2.27. The summed E-state index contributed by atoms with van der Waals surface area (Å²) in [5.74, 6) is 0.228. The summed E-state index contributed by atoms with van der Waals surface area (Å²) in [5.41, 5.74) is 3.84. The Hall–Kier alpha value is -3.60. The zero-order valence-corrected chi connectivity index (χ0v) is 14.6. The van der Waals surface area contributed by atoms with Gasteiger partial charge in [-0.15, -0.1) is 0 Å². The molecule has 134 valence electrons. The Morgan fingerprint density at radius 1 is 1.00 bits per heavy atom. The van der Waals surface area contributed by atoms with Gasteiger partial charge in [-0.25, -0.2) is 4.39 Å². The third-order valence-corrected chi connectivity index (χ3v) is 4.37. The second kappa shape index (κ2) is 6.96. The number of carbonyl (C=O) groups excluding carboxylic acids is 1. The number of amides is 1. The van der Waals surface area contributed by atoms with E-state index in [1.165, 1.54) is 12.1 Å². The number of halogens is 1. The van der Waals surface area contributed by atoms with Crippen molar-refractivity contribution in [2.24, 2.45) is 0 Å². The lowest BCUT2D eigenvalue weighted by atomic mass is 10.1. The minimum Gasteiger partial charge on any atom is -0.497 e. The van der Waals surface area contributed by atoms with Crippen molar-refractivity contribution in [1.29, 1.82) is 0 Å². The van der Waals surface area contributed by atoms with Crippen LogP contribution in [-0.2, 0) is 0 Å². The van der Waals surface area contributed by atoms with Crippen LogP contribution in [0.5, 0.6) is 5.75 Å². The van der Waals surface area contributed by atoms with Crippen molar-refractivity contribution in [1.82, 2.24) is 4.98 Å². The van der Waals surface area contributed by atoms with Crippen LogP contribution in [0.25, 0.3) is 22.2 Å². The molecule has 2 N–H and O–H groups in total. The Morgan fingerprint density at radius 3 is 2.59 bits per heavy atom. The van der Waals surface area contributed by atoms with E-state index in [2.05, 4.69) is 10.3 Å². The Labute approximate surface area is 155 Å². The zero-order valence-electron chi connectivity index (χ0n) is 14.6. The Morgan fingerprint density at radius 2 is 1.81 bits per heavy atom. The molecule has 0 spiro atoms. The second-order valence-corrected chi connectivity index (χ2v) is 6.18. The lowest BCUT2D eigenvalue weighted by molar-refractivity contribution is 0.102. The number of anilines is 1. The molecule has 0 atom stereocenters. The van der Waals surface area contributed by atoms with Crippen molar-refractivity contribution < 1.29 is 13.9 Å². The number of nitrogens with one attached hydrogen (secondary N) is 2. The van der Waals surface area contributed by atoms with Crippen LogP contribution in [0.2, 0.25) is 0 Å². The monoisotopic (exact) mass is 360 g/mol. The number of fused-ring (bicyclic) bond motifs is 1. The first-order chi connectivity index (χ1) is 13.1. The van der Waals surface area contributed by atoms with Crippen LogP contribution in [0.3, 0.4) is 0 Å². The van der Waals surface area contributed by atoms with Gasteiger partial charge in [-0.2, -0.15) is 0 Å². The number of hydrogen-bond donors (Lipinski definition) is 2. The highest BCUT2D eigenvalue weighted by molar-refractivity contribution is 6.04. The Bertz CT molecular complexity index is 1120. The van der Waals surface area contributed by atoms with Crippen LogP contribution in [0, 0.1) is 5.82 Å². The predicted molar refractivity (Wildman–Crippen MR) is 105 cm³/mol. The molecular formula is C22H17FN2O2. The van der Waals surface area contributed by atoms with Gasteiger partial charge in [0.1, 0.15) is 11.6 Å². The lowest BCUT2D eigenvalue weighted by Gasteiger charge is -2.07. The van der Waals surface area contributed by atoms with Crippen molar-refractivity contribution in [2.45, 2.75) is 0 Å². The molecule has 0 bridgehead atoms. The van der Waals surface area contributed by atoms with Gasteiger partial charge >= 0.3 is 0 Å². The van der Waals surface area contributed by atoms with Crippen molar-refractivity contribution in [3.8, 4) is 17.0 Å².